The Kier molecular flexibility index (Phi) is 7.59. The van der Waals surface area contributed by atoms with E-state index in [4.69, 9.17) is 16.1 Å². The number of carbonyl (C=O) groups excluding carboxylic acids is 2. The van der Waals surface area contributed by atoms with Gasteiger partial charge < -0.3 is 20.1 Å². The van der Waals surface area contributed by atoms with Crippen molar-refractivity contribution >= 4 is 51.9 Å². The average Bonchev–Trinajstić information content (AvgIpc) is 3.44. The number of H-pyrrole nitrogens is 1. The topological polar surface area (TPSA) is 100 Å². The third-order valence-corrected chi connectivity index (χ3v) is 6.98. The molecule has 4 rings (SSSR count). The number of thioether (sulfide) groups is 1. The number of aromatic amines is 1. The molecule has 0 bridgehead atoms. The van der Waals surface area contributed by atoms with Crippen molar-refractivity contribution < 1.29 is 14.1 Å². The third-order valence-electron chi connectivity index (χ3n) is 5.49. The van der Waals surface area contributed by atoms with Crippen LogP contribution in [0, 0.1) is 6.92 Å². The second-order valence-corrected chi connectivity index (χ2v) is 9.67. The zero-order chi connectivity index (χ0) is 24.1. The highest BCUT2D eigenvalue weighted by Crippen LogP contribution is 2.34. The van der Waals surface area contributed by atoms with Crippen molar-refractivity contribution in [2.24, 2.45) is 0 Å². The van der Waals surface area contributed by atoms with Crippen LogP contribution >= 0.6 is 23.4 Å². The van der Waals surface area contributed by atoms with Crippen molar-refractivity contribution in [3.63, 3.8) is 0 Å². The van der Waals surface area contributed by atoms with E-state index in [0.717, 1.165) is 22.0 Å². The summed E-state index contributed by atoms with van der Waals surface area (Å²) in [6.07, 6.45) is 1.97. The van der Waals surface area contributed by atoms with Crippen molar-refractivity contribution in [3.8, 4) is 0 Å². The molecule has 4 aromatic rings. The van der Waals surface area contributed by atoms with Crippen LogP contribution in [0.25, 0.3) is 10.9 Å². The van der Waals surface area contributed by atoms with Crippen LogP contribution in [-0.4, -0.2) is 39.5 Å². The second kappa shape index (κ2) is 10.8. The number of hydrogen-bond donors (Lipinski definition) is 3. The average molecular weight is 497 g/mol. The number of para-hydroxylation sites is 1. The molecule has 0 saturated carbocycles. The summed E-state index contributed by atoms with van der Waals surface area (Å²) in [5.41, 5.74) is 3.03. The van der Waals surface area contributed by atoms with E-state index in [-0.39, 0.29) is 23.5 Å². The molecule has 0 aliphatic rings. The van der Waals surface area contributed by atoms with E-state index in [2.05, 4.69) is 26.8 Å². The maximum atomic E-state index is 12.7. The normalized spacial score (nSPS) is 12.9. The van der Waals surface area contributed by atoms with Crippen LogP contribution in [0.5, 0.6) is 0 Å². The Balaban J connectivity index is 1.40. The molecule has 7 nitrogen and oxygen atoms in total. The van der Waals surface area contributed by atoms with E-state index in [1.165, 1.54) is 11.8 Å². The van der Waals surface area contributed by atoms with Gasteiger partial charge in [-0.05, 0) is 37.1 Å². The second-order valence-electron chi connectivity index (χ2n) is 7.93. The smallest absolute Gasteiger partial charge is 0.238 e. The number of rotatable bonds is 9. The zero-order valence-electron chi connectivity index (χ0n) is 18.8. The molecule has 176 valence electrons. The number of anilines is 1. The van der Waals surface area contributed by atoms with Crippen molar-refractivity contribution in [1.82, 2.24) is 15.5 Å². The van der Waals surface area contributed by atoms with Gasteiger partial charge in [0, 0.05) is 40.7 Å². The van der Waals surface area contributed by atoms with Gasteiger partial charge in [-0.15, -0.1) is 11.8 Å². The van der Waals surface area contributed by atoms with E-state index in [0.29, 0.717) is 23.1 Å². The molecule has 0 saturated heterocycles. The van der Waals surface area contributed by atoms with Gasteiger partial charge in [0.2, 0.25) is 11.8 Å². The first-order chi connectivity index (χ1) is 16.4. The van der Waals surface area contributed by atoms with E-state index in [1.54, 1.807) is 19.9 Å². The number of benzene rings is 2. The van der Waals surface area contributed by atoms with Crippen LogP contribution in [0.1, 0.15) is 29.7 Å². The van der Waals surface area contributed by atoms with Crippen LogP contribution in [-0.2, 0) is 9.59 Å². The number of nitrogens with one attached hydrogen (secondary N) is 3. The minimum Gasteiger partial charge on any atom is -0.361 e. The van der Waals surface area contributed by atoms with Gasteiger partial charge in [-0.2, -0.15) is 0 Å². The number of amides is 2. The maximum Gasteiger partial charge on any atom is 0.238 e. The minimum atomic E-state index is -0.435. The molecule has 0 spiro atoms. The van der Waals surface area contributed by atoms with E-state index in [9.17, 15) is 9.59 Å². The Labute approximate surface area is 206 Å². The van der Waals surface area contributed by atoms with Gasteiger partial charge in [0.05, 0.1) is 11.0 Å². The van der Waals surface area contributed by atoms with Gasteiger partial charge in [0.1, 0.15) is 5.76 Å². The first-order valence-electron chi connectivity index (χ1n) is 10.9. The van der Waals surface area contributed by atoms with Gasteiger partial charge in [0.25, 0.3) is 0 Å². The first-order valence-corrected chi connectivity index (χ1v) is 12.3. The predicted molar refractivity (Wildman–Crippen MR) is 136 cm³/mol. The quantitative estimate of drug-likeness (QED) is 0.298. The SMILES string of the molecule is Cc1cc(NC(=O)C(C)SCC(=O)NCC(c2ccccc2Cl)c2c[nH]c3ccccc23)no1. The van der Waals surface area contributed by atoms with Gasteiger partial charge in [-0.3, -0.25) is 9.59 Å². The lowest BCUT2D eigenvalue weighted by Crippen LogP contribution is -2.32. The Morgan fingerprint density at radius 2 is 1.91 bits per heavy atom. The summed E-state index contributed by atoms with van der Waals surface area (Å²) in [4.78, 5) is 28.3. The lowest BCUT2D eigenvalue weighted by molar-refractivity contribution is -0.118. The Bertz CT molecular complexity index is 1300. The number of fused-ring (bicyclic) bond motifs is 1. The summed E-state index contributed by atoms with van der Waals surface area (Å²) >= 11 is 7.78. The van der Waals surface area contributed by atoms with Crippen LogP contribution < -0.4 is 10.6 Å². The molecule has 2 amide bonds. The number of aromatic nitrogens is 2. The molecule has 2 aromatic carbocycles. The summed E-state index contributed by atoms with van der Waals surface area (Å²) in [5, 5.41) is 10.8. The van der Waals surface area contributed by atoms with Crippen molar-refractivity contribution in [1.29, 1.82) is 0 Å². The van der Waals surface area contributed by atoms with Crippen LogP contribution in [0.4, 0.5) is 5.82 Å². The molecule has 0 aliphatic heterocycles. The lowest BCUT2D eigenvalue weighted by Gasteiger charge is -2.19. The fourth-order valence-corrected chi connectivity index (χ4v) is 4.71. The van der Waals surface area contributed by atoms with Crippen molar-refractivity contribution in [3.05, 3.63) is 82.7 Å². The molecular weight excluding hydrogens is 472 g/mol. The van der Waals surface area contributed by atoms with Gasteiger partial charge >= 0.3 is 0 Å². The van der Waals surface area contributed by atoms with E-state index >= 15 is 0 Å². The number of halogens is 1. The molecule has 3 N–H and O–H groups in total. The molecule has 2 unspecified atom stereocenters. The number of aryl methyl sites for hydroxylation is 1. The molecule has 2 heterocycles. The molecule has 0 aliphatic carbocycles. The summed E-state index contributed by atoms with van der Waals surface area (Å²) in [6.45, 7) is 3.87. The molecule has 0 radical (unpaired) electrons. The van der Waals surface area contributed by atoms with Crippen molar-refractivity contribution in [2.75, 3.05) is 17.6 Å². The van der Waals surface area contributed by atoms with Crippen LogP contribution in [0.15, 0.2) is 65.3 Å². The predicted octanol–water partition coefficient (Wildman–Crippen LogP) is 5.13. The molecular formula is C25H25ClN4O3S. The summed E-state index contributed by atoms with van der Waals surface area (Å²) in [6, 6.07) is 17.3. The fourth-order valence-electron chi connectivity index (χ4n) is 3.72. The minimum absolute atomic E-state index is 0.130. The highest BCUT2D eigenvalue weighted by molar-refractivity contribution is 8.01. The third kappa shape index (κ3) is 5.63. The first kappa shape index (κ1) is 23.9. The molecule has 9 heteroatoms. The van der Waals surface area contributed by atoms with Crippen molar-refractivity contribution in [2.45, 2.75) is 25.0 Å². The molecule has 34 heavy (non-hydrogen) atoms. The highest BCUT2D eigenvalue weighted by Gasteiger charge is 2.22. The highest BCUT2D eigenvalue weighted by atomic mass is 35.5. The molecule has 2 atom stereocenters. The Morgan fingerprint density at radius 3 is 2.68 bits per heavy atom. The number of carbonyl (C=O) groups is 2. The summed E-state index contributed by atoms with van der Waals surface area (Å²) in [7, 11) is 0. The molecule has 2 aromatic heterocycles. The maximum absolute atomic E-state index is 12.7. The zero-order valence-corrected chi connectivity index (χ0v) is 20.4. The van der Waals surface area contributed by atoms with Gasteiger partial charge in [-0.25, -0.2) is 0 Å². The lowest BCUT2D eigenvalue weighted by atomic mass is 9.91. The van der Waals surface area contributed by atoms with Crippen LogP contribution in [0.3, 0.4) is 0 Å². The largest absolute Gasteiger partial charge is 0.361 e. The van der Waals surface area contributed by atoms with Gasteiger partial charge in [0.15, 0.2) is 5.82 Å². The number of hydrogen-bond acceptors (Lipinski definition) is 5. The Hall–Kier alpha value is -3.23. The molecule has 0 fully saturated rings. The van der Waals surface area contributed by atoms with Crippen LogP contribution in [0.2, 0.25) is 5.02 Å². The standard InChI is InChI=1S/C25H25ClN4O3S/c1-15-11-23(30-33-15)29-25(32)16(2)34-14-24(31)28-13-19(17-7-3-5-9-21(17)26)20-12-27-22-10-6-4-8-18(20)22/h3-12,16,19,27H,13-14H2,1-2H3,(H,28,31)(H,29,30,32). The van der Waals surface area contributed by atoms with Gasteiger partial charge in [-0.1, -0.05) is 53.2 Å². The summed E-state index contributed by atoms with van der Waals surface area (Å²) < 4.78 is 4.95. The Morgan fingerprint density at radius 1 is 1.15 bits per heavy atom. The number of nitrogens with zero attached hydrogens (tertiary/aromatic N) is 1. The van der Waals surface area contributed by atoms with E-state index < -0.39 is 5.25 Å². The monoisotopic (exact) mass is 496 g/mol. The fraction of sp³-hybridized carbons (Fsp3) is 0.240. The van der Waals surface area contributed by atoms with E-state index in [1.807, 2.05) is 48.7 Å². The summed E-state index contributed by atoms with van der Waals surface area (Å²) in [5.74, 6) is 0.599.